The van der Waals surface area contributed by atoms with Gasteiger partial charge in [0.15, 0.2) is 0 Å². The number of piperazine rings is 1. The van der Waals surface area contributed by atoms with E-state index in [0.717, 1.165) is 42.2 Å². The largest absolute Gasteiger partial charge is 0.314 e. The third kappa shape index (κ3) is 3.90. The predicted octanol–water partition coefficient (Wildman–Crippen LogP) is 2.93. The summed E-state index contributed by atoms with van der Waals surface area (Å²) in [7, 11) is 0. The number of hydrogen-bond acceptors (Lipinski definition) is 2. The van der Waals surface area contributed by atoms with Crippen LogP contribution in [0.15, 0.2) is 22.7 Å². The molecule has 1 heterocycles. The average molecular weight is 326 g/mol. The average Bonchev–Trinajstić information content (AvgIpc) is 2.25. The van der Waals surface area contributed by atoms with Crippen molar-refractivity contribution < 1.29 is 0 Å². The number of rotatable bonds is 2. The first kappa shape index (κ1) is 14.3. The fourth-order valence-corrected chi connectivity index (χ4v) is 2.22. The monoisotopic (exact) mass is 324 g/mol. The molecular weight excluding hydrogens is 311 g/mol. The van der Waals surface area contributed by atoms with E-state index in [4.69, 9.17) is 11.6 Å². The third-order valence-corrected chi connectivity index (χ3v) is 3.83. The zero-order valence-electron chi connectivity index (χ0n) is 8.88. The molecule has 5 heteroatoms. The Morgan fingerprint density at radius 3 is 2.62 bits per heavy atom. The number of benzene rings is 1. The van der Waals surface area contributed by atoms with Crippen LogP contribution in [0.3, 0.4) is 0 Å². The Bertz CT molecular complexity index is 341. The zero-order valence-corrected chi connectivity index (χ0v) is 12.0. The molecule has 0 amide bonds. The summed E-state index contributed by atoms with van der Waals surface area (Å²) in [4.78, 5) is 2.44. The van der Waals surface area contributed by atoms with Gasteiger partial charge in [-0.1, -0.05) is 17.7 Å². The second-order valence-corrected chi connectivity index (χ2v) is 5.04. The number of nitrogens with zero attached hydrogens (tertiary/aromatic N) is 1. The lowest BCUT2D eigenvalue weighted by Crippen LogP contribution is -2.42. The normalized spacial score (nSPS) is 16.9. The molecule has 0 aliphatic carbocycles. The smallest absolute Gasteiger partial charge is 0.0551 e. The van der Waals surface area contributed by atoms with Gasteiger partial charge in [-0.3, -0.25) is 4.90 Å². The molecule has 1 fully saturated rings. The minimum absolute atomic E-state index is 0. The van der Waals surface area contributed by atoms with Gasteiger partial charge in [-0.25, -0.2) is 0 Å². The van der Waals surface area contributed by atoms with E-state index in [-0.39, 0.29) is 12.4 Å². The molecule has 1 aliphatic heterocycles. The van der Waals surface area contributed by atoms with Crippen LogP contribution in [0, 0.1) is 0 Å². The maximum atomic E-state index is 6.05. The highest BCUT2D eigenvalue weighted by molar-refractivity contribution is 9.10. The molecule has 0 atom stereocenters. The lowest BCUT2D eigenvalue weighted by molar-refractivity contribution is 0.233. The lowest BCUT2D eigenvalue weighted by Gasteiger charge is -2.27. The number of nitrogens with one attached hydrogen (secondary N) is 1. The fourth-order valence-electron chi connectivity index (χ4n) is 1.77. The van der Waals surface area contributed by atoms with Crippen molar-refractivity contribution in [2.24, 2.45) is 0 Å². The van der Waals surface area contributed by atoms with Gasteiger partial charge in [0, 0.05) is 37.2 Å². The van der Waals surface area contributed by atoms with E-state index in [1.807, 2.05) is 12.1 Å². The Hall–Kier alpha value is 0.200. The van der Waals surface area contributed by atoms with Crippen LogP contribution in [0.4, 0.5) is 0 Å². The number of halogens is 3. The van der Waals surface area contributed by atoms with Gasteiger partial charge < -0.3 is 5.32 Å². The molecule has 2 nitrogen and oxygen atoms in total. The molecule has 0 unspecified atom stereocenters. The van der Waals surface area contributed by atoms with E-state index in [1.165, 1.54) is 5.56 Å². The zero-order chi connectivity index (χ0) is 10.7. The van der Waals surface area contributed by atoms with Gasteiger partial charge in [0.2, 0.25) is 0 Å². The second kappa shape index (κ2) is 6.82. The van der Waals surface area contributed by atoms with Crippen LogP contribution in [0.1, 0.15) is 5.56 Å². The van der Waals surface area contributed by atoms with Gasteiger partial charge in [0.05, 0.1) is 5.02 Å². The van der Waals surface area contributed by atoms with Gasteiger partial charge in [0.1, 0.15) is 0 Å². The van der Waals surface area contributed by atoms with Crippen molar-refractivity contribution >= 4 is 39.9 Å². The first-order valence-corrected chi connectivity index (χ1v) is 6.30. The van der Waals surface area contributed by atoms with Crippen LogP contribution in [-0.4, -0.2) is 31.1 Å². The molecule has 1 aromatic carbocycles. The van der Waals surface area contributed by atoms with Crippen molar-refractivity contribution in [3.8, 4) is 0 Å². The molecule has 0 saturated carbocycles. The van der Waals surface area contributed by atoms with Gasteiger partial charge in [0.25, 0.3) is 0 Å². The summed E-state index contributed by atoms with van der Waals surface area (Å²) < 4.78 is 0.966. The van der Waals surface area contributed by atoms with Crippen LogP contribution >= 0.6 is 39.9 Å². The highest BCUT2D eigenvalue weighted by Crippen LogP contribution is 2.23. The van der Waals surface area contributed by atoms with Crippen molar-refractivity contribution in [2.75, 3.05) is 26.2 Å². The fraction of sp³-hybridized carbons (Fsp3) is 0.455. The van der Waals surface area contributed by atoms with Crippen molar-refractivity contribution in [3.05, 3.63) is 33.3 Å². The quantitative estimate of drug-likeness (QED) is 0.899. The van der Waals surface area contributed by atoms with E-state index in [9.17, 15) is 0 Å². The molecule has 0 spiro atoms. The Morgan fingerprint density at radius 1 is 1.31 bits per heavy atom. The van der Waals surface area contributed by atoms with Crippen molar-refractivity contribution in [2.45, 2.75) is 6.54 Å². The maximum Gasteiger partial charge on any atom is 0.0551 e. The number of hydrogen-bond donors (Lipinski definition) is 1. The minimum atomic E-state index is 0. The van der Waals surface area contributed by atoms with E-state index in [2.05, 4.69) is 32.2 Å². The summed E-state index contributed by atoms with van der Waals surface area (Å²) in [6, 6.07) is 6.17. The van der Waals surface area contributed by atoms with Crippen LogP contribution in [0.25, 0.3) is 0 Å². The molecule has 0 bridgehead atoms. The molecule has 2 rings (SSSR count). The highest BCUT2D eigenvalue weighted by Gasteiger charge is 2.10. The molecular formula is C11H15BrCl2N2. The van der Waals surface area contributed by atoms with Gasteiger partial charge in [-0.05, 0) is 33.6 Å². The van der Waals surface area contributed by atoms with Gasteiger partial charge in [-0.2, -0.15) is 0 Å². The summed E-state index contributed by atoms with van der Waals surface area (Å²) in [6.45, 7) is 5.41. The first-order valence-electron chi connectivity index (χ1n) is 5.13. The van der Waals surface area contributed by atoms with Gasteiger partial charge >= 0.3 is 0 Å². The summed E-state index contributed by atoms with van der Waals surface area (Å²) in [5.41, 5.74) is 1.28. The van der Waals surface area contributed by atoms with Crippen molar-refractivity contribution in [3.63, 3.8) is 0 Å². The summed E-state index contributed by atoms with van der Waals surface area (Å²) in [5, 5.41) is 4.14. The maximum absolute atomic E-state index is 6.05. The van der Waals surface area contributed by atoms with Crippen molar-refractivity contribution in [1.82, 2.24) is 10.2 Å². The van der Waals surface area contributed by atoms with Gasteiger partial charge in [-0.15, -0.1) is 12.4 Å². The topological polar surface area (TPSA) is 15.3 Å². The Labute approximate surface area is 116 Å². The standard InChI is InChI=1S/C11H14BrClN2.ClH/c12-10-2-1-9(7-11(10)13)8-15-5-3-14-4-6-15;/h1-2,7,14H,3-6,8H2;1H. The third-order valence-electron chi connectivity index (χ3n) is 2.60. The molecule has 1 saturated heterocycles. The highest BCUT2D eigenvalue weighted by atomic mass is 79.9. The van der Waals surface area contributed by atoms with E-state index >= 15 is 0 Å². The minimum Gasteiger partial charge on any atom is -0.314 e. The Morgan fingerprint density at radius 2 is 2.00 bits per heavy atom. The molecule has 1 aliphatic rings. The summed E-state index contributed by atoms with van der Waals surface area (Å²) in [6.07, 6.45) is 0. The molecule has 90 valence electrons. The first-order chi connectivity index (χ1) is 7.25. The summed E-state index contributed by atoms with van der Waals surface area (Å²) >= 11 is 9.45. The van der Waals surface area contributed by atoms with E-state index in [1.54, 1.807) is 0 Å². The summed E-state index contributed by atoms with van der Waals surface area (Å²) in [5.74, 6) is 0. The Balaban J connectivity index is 0.00000128. The van der Waals surface area contributed by atoms with E-state index < -0.39 is 0 Å². The predicted molar refractivity (Wildman–Crippen MR) is 74.5 cm³/mol. The molecule has 1 N–H and O–H groups in total. The molecule has 1 aromatic rings. The Kier molecular flexibility index (Phi) is 6.08. The van der Waals surface area contributed by atoms with Crippen molar-refractivity contribution in [1.29, 1.82) is 0 Å². The lowest BCUT2D eigenvalue weighted by atomic mass is 10.2. The van der Waals surface area contributed by atoms with Crippen LogP contribution in [0.5, 0.6) is 0 Å². The van der Waals surface area contributed by atoms with Crippen LogP contribution in [-0.2, 0) is 6.54 Å². The van der Waals surface area contributed by atoms with Crippen LogP contribution < -0.4 is 5.32 Å². The van der Waals surface area contributed by atoms with Crippen LogP contribution in [0.2, 0.25) is 5.02 Å². The SMILES string of the molecule is Cl.Clc1cc(CN2CCNCC2)ccc1Br. The molecule has 16 heavy (non-hydrogen) atoms. The molecule has 0 radical (unpaired) electrons. The molecule has 0 aromatic heterocycles. The van der Waals surface area contributed by atoms with E-state index in [0.29, 0.717) is 0 Å². The second-order valence-electron chi connectivity index (χ2n) is 3.77.